The van der Waals surface area contributed by atoms with Crippen LogP contribution in [0.2, 0.25) is 0 Å². The van der Waals surface area contributed by atoms with Gasteiger partial charge in [-0.2, -0.15) is 0 Å². The Balaban J connectivity index is 0.00000169. The minimum atomic E-state index is -0.755. The molecule has 0 radical (unpaired) electrons. The Morgan fingerprint density at radius 1 is 1.64 bits per heavy atom. The number of hydrogen-bond donors (Lipinski definition) is 1. The van der Waals surface area contributed by atoms with Crippen LogP contribution in [-0.2, 0) is 15.6 Å². The molecule has 2 unspecified atom stereocenters. The number of carbonyl (C=O) groups excluding carboxylic acids is 1. The fourth-order valence-electron chi connectivity index (χ4n) is 1.45. The Labute approximate surface area is 93.1 Å². The maximum Gasteiger partial charge on any atom is 0.239 e. The van der Waals surface area contributed by atoms with E-state index < -0.39 is 16.8 Å². The molecule has 0 aromatic rings. The van der Waals surface area contributed by atoms with Gasteiger partial charge in [0.1, 0.15) is 0 Å². The molecule has 1 aliphatic heterocycles. The van der Waals surface area contributed by atoms with Crippen LogP contribution in [0.25, 0.3) is 0 Å². The lowest BCUT2D eigenvalue weighted by Gasteiger charge is -2.33. The molecule has 2 N–H and O–H groups in total. The molecule has 1 aliphatic rings. The van der Waals surface area contributed by atoms with Crippen molar-refractivity contribution in [3.63, 3.8) is 0 Å². The molecule has 0 bridgehead atoms. The van der Waals surface area contributed by atoms with Crippen LogP contribution in [0.5, 0.6) is 0 Å². The number of halogens is 1. The summed E-state index contributed by atoms with van der Waals surface area (Å²) in [6.07, 6.45) is 0. The summed E-state index contributed by atoms with van der Waals surface area (Å²) in [6, 6.07) is -0.387. The maximum atomic E-state index is 11.5. The molecule has 14 heavy (non-hydrogen) atoms. The molecule has 1 rings (SSSR count). The van der Waals surface area contributed by atoms with Gasteiger partial charge in [0.2, 0.25) is 5.91 Å². The molecule has 0 aromatic carbocycles. The van der Waals surface area contributed by atoms with Gasteiger partial charge in [-0.15, -0.1) is 12.4 Å². The zero-order valence-corrected chi connectivity index (χ0v) is 10.1. The Hall–Kier alpha value is -0.130. The van der Waals surface area contributed by atoms with E-state index in [1.807, 2.05) is 6.92 Å². The van der Waals surface area contributed by atoms with Gasteiger partial charge in [-0.05, 0) is 13.8 Å². The van der Waals surface area contributed by atoms with Crippen molar-refractivity contribution in [1.82, 2.24) is 4.90 Å². The molecule has 1 amide bonds. The van der Waals surface area contributed by atoms with E-state index in [0.717, 1.165) is 0 Å². The first-order valence-electron chi connectivity index (χ1n) is 4.43. The van der Waals surface area contributed by atoms with Gasteiger partial charge in [0.25, 0.3) is 0 Å². The van der Waals surface area contributed by atoms with Crippen LogP contribution in [0.1, 0.15) is 13.8 Å². The summed E-state index contributed by atoms with van der Waals surface area (Å²) in [5.74, 6) is 1.13. The van der Waals surface area contributed by atoms with E-state index in [9.17, 15) is 9.00 Å². The molecule has 0 saturated carbocycles. The highest BCUT2D eigenvalue weighted by molar-refractivity contribution is 7.85. The van der Waals surface area contributed by atoms with Crippen molar-refractivity contribution in [3.8, 4) is 0 Å². The number of rotatable bonds is 1. The number of nitrogens with zero attached hydrogens (tertiary/aromatic N) is 1. The second-order valence-electron chi connectivity index (χ2n) is 3.48. The Morgan fingerprint density at radius 2 is 2.21 bits per heavy atom. The largest absolute Gasteiger partial charge is 0.337 e. The van der Waals surface area contributed by atoms with Gasteiger partial charge < -0.3 is 10.6 Å². The van der Waals surface area contributed by atoms with E-state index in [-0.39, 0.29) is 24.4 Å². The minimum absolute atomic E-state index is 0. The summed E-state index contributed by atoms with van der Waals surface area (Å²) in [4.78, 5) is 13.2. The van der Waals surface area contributed by atoms with E-state index in [4.69, 9.17) is 5.73 Å². The molecule has 1 saturated heterocycles. The third kappa shape index (κ3) is 3.22. The highest BCUT2D eigenvalue weighted by atomic mass is 35.5. The molecule has 0 aliphatic carbocycles. The van der Waals surface area contributed by atoms with Crippen LogP contribution >= 0.6 is 12.4 Å². The summed E-state index contributed by atoms with van der Waals surface area (Å²) >= 11 is 0. The van der Waals surface area contributed by atoms with Gasteiger partial charge in [0.05, 0.1) is 6.04 Å². The average Bonchev–Trinajstić information content (AvgIpc) is 2.03. The first-order chi connectivity index (χ1) is 6.02. The minimum Gasteiger partial charge on any atom is -0.337 e. The maximum absolute atomic E-state index is 11.5. The first-order valence-corrected chi connectivity index (χ1v) is 5.92. The van der Waals surface area contributed by atoms with Crippen molar-refractivity contribution in [1.29, 1.82) is 0 Å². The number of nitrogens with two attached hydrogens (primary N) is 1. The summed E-state index contributed by atoms with van der Waals surface area (Å²) in [5, 5.41) is 0. The van der Waals surface area contributed by atoms with E-state index in [1.165, 1.54) is 0 Å². The number of hydrogen-bond acceptors (Lipinski definition) is 3. The van der Waals surface area contributed by atoms with E-state index in [0.29, 0.717) is 18.1 Å². The van der Waals surface area contributed by atoms with E-state index >= 15 is 0 Å². The fourth-order valence-corrected chi connectivity index (χ4v) is 2.74. The van der Waals surface area contributed by atoms with Crippen molar-refractivity contribution in [3.05, 3.63) is 0 Å². The molecule has 84 valence electrons. The van der Waals surface area contributed by atoms with Crippen LogP contribution in [0.4, 0.5) is 0 Å². The van der Waals surface area contributed by atoms with Crippen molar-refractivity contribution in [2.24, 2.45) is 5.73 Å². The topological polar surface area (TPSA) is 63.4 Å². The average molecular weight is 241 g/mol. The summed E-state index contributed by atoms with van der Waals surface area (Å²) in [6.45, 7) is 4.17. The highest BCUT2D eigenvalue weighted by Gasteiger charge is 2.27. The van der Waals surface area contributed by atoms with Crippen molar-refractivity contribution >= 4 is 29.1 Å². The van der Waals surface area contributed by atoms with Gasteiger partial charge in [-0.25, -0.2) is 0 Å². The van der Waals surface area contributed by atoms with Crippen LogP contribution in [-0.4, -0.2) is 45.2 Å². The number of amides is 1. The Morgan fingerprint density at radius 3 is 2.64 bits per heavy atom. The van der Waals surface area contributed by atoms with Gasteiger partial charge in [-0.1, -0.05) is 0 Å². The lowest BCUT2D eigenvalue weighted by molar-refractivity contribution is -0.133. The van der Waals surface area contributed by atoms with Crippen LogP contribution < -0.4 is 5.73 Å². The van der Waals surface area contributed by atoms with Gasteiger partial charge >= 0.3 is 0 Å². The van der Waals surface area contributed by atoms with Crippen molar-refractivity contribution < 1.29 is 9.00 Å². The van der Waals surface area contributed by atoms with Crippen molar-refractivity contribution in [2.75, 3.05) is 18.1 Å². The SMILES string of the molecule is CC1CS(=O)CCN1C(=O)[C@@H](C)N.Cl. The lowest BCUT2D eigenvalue weighted by Crippen LogP contribution is -2.52. The van der Waals surface area contributed by atoms with Gasteiger partial charge in [0, 0.05) is 34.9 Å². The Kier molecular flexibility index (Phi) is 5.63. The summed E-state index contributed by atoms with van der Waals surface area (Å²) in [5.41, 5.74) is 5.50. The van der Waals surface area contributed by atoms with Crippen LogP contribution in [0.3, 0.4) is 0 Å². The third-order valence-electron chi connectivity index (χ3n) is 2.19. The number of carbonyl (C=O) groups is 1. The zero-order valence-electron chi connectivity index (χ0n) is 8.43. The van der Waals surface area contributed by atoms with Crippen LogP contribution in [0, 0.1) is 0 Å². The quantitative estimate of drug-likeness (QED) is 0.687. The second kappa shape index (κ2) is 5.68. The normalized spacial score (nSPS) is 29.2. The molecule has 1 fully saturated rings. The zero-order chi connectivity index (χ0) is 10.0. The molecular formula is C8H17ClN2O2S. The van der Waals surface area contributed by atoms with Crippen molar-refractivity contribution in [2.45, 2.75) is 25.9 Å². The first kappa shape index (κ1) is 13.9. The predicted octanol–water partition coefficient (Wildman–Crippen LogP) is -0.265. The van der Waals surface area contributed by atoms with E-state index in [1.54, 1.807) is 11.8 Å². The standard InChI is InChI=1S/C8H16N2O2S.ClH/c1-6-5-13(12)4-3-10(6)8(11)7(2)9;/h6-7H,3-5,9H2,1-2H3;1H/t6?,7-,13?;/m1./s1. The van der Waals surface area contributed by atoms with E-state index in [2.05, 4.69) is 0 Å². The fraction of sp³-hybridized carbons (Fsp3) is 0.875. The van der Waals surface area contributed by atoms with Gasteiger partial charge in [0.15, 0.2) is 0 Å². The lowest BCUT2D eigenvalue weighted by atomic mass is 10.2. The molecule has 0 spiro atoms. The smallest absolute Gasteiger partial charge is 0.239 e. The highest BCUT2D eigenvalue weighted by Crippen LogP contribution is 2.09. The third-order valence-corrected chi connectivity index (χ3v) is 3.68. The second-order valence-corrected chi connectivity index (χ2v) is 5.10. The predicted molar refractivity (Wildman–Crippen MR) is 59.9 cm³/mol. The Bertz CT molecular complexity index is 235. The molecular weight excluding hydrogens is 224 g/mol. The van der Waals surface area contributed by atoms with Gasteiger partial charge in [-0.3, -0.25) is 9.00 Å². The molecule has 4 nitrogen and oxygen atoms in total. The molecule has 1 heterocycles. The van der Waals surface area contributed by atoms with Crippen LogP contribution in [0.15, 0.2) is 0 Å². The summed E-state index contributed by atoms with van der Waals surface area (Å²) in [7, 11) is -0.755. The molecule has 0 aromatic heterocycles. The summed E-state index contributed by atoms with van der Waals surface area (Å²) < 4.78 is 11.2. The monoisotopic (exact) mass is 240 g/mol. The molecule has 3 atom stereocenters. The molecule has 6 heteroatoms.